The molecule has 4 heteroatoms. The molecule has 1 aromatic rings. The number of hydrogen-bond donors (Lipinski definition) is 0. The van der Waals surface area contributed by atoms with Crippen molar-refractivity contribution in [2.24, 2.45) is 4.99 Å². The van der Waals surface area contributed by atoms with Gasteiger partial charge in [0, 0.05) is 6.04 Å². The highest BCUT2D eigenvalue weighted by molar-refractivity contribution is 8.01. The van der Waals surface area contributed by atoms with Crippen molar-refractivity contribution < 1.29 is 4.21 Å². The van der Waals surface area contributed by atoms with Gasteiger partial charge in [0.1, 0.15) is 0 Å². The van der Waals surface area contributed by atoms with Crippen LogP contribution in [0.4, 0.5) is 5.69 Å². The highest BCUT2D eigenvalue weighted by Gasteiger charge is 2.52. The van der Waals surface area contributed by atoms with E-state index in [1.54, 1.807) is 0 Å². The summed E-state index contributed by atoms with van der Waals surface area (Å²) in [4.78, 5) is 7.51. The summed E-state index contributed by atoms with van der Waals surface area (Å²) >= 11 is 0. The molecule has 0 radical (unpaired) electrons. The average Bonchev–Trinajstić information content (AvgIpc) is 3.25. The molecule has 4 rings (SSSR count). The molecule has 3 nitrogen and oxygen atoms in total. The summed E-state index contributed by atoms with van der Waals surface area (Å²) in [6.07, 6.45) is 10.0. The van der Waals surface area contributed by atoms with E-state index < -0.39 is 10.8 Å². The second-order valence-corrected chi connectivity index (χ2v) is 9.26. The SMILES string of the molecule is Cc1ccc(N=C2N(C3CCCC3)C3(CCCC3)CS2=O)c(C)c1. The van der Waals surface area contributed by atoms with E-state index in [1.165, 1.54) is 62.5 Å². The lowest BCUT2D eigenvalue weighted by Gasteiger charge is -2.39. The van der Waals surface area contributed by atoms with Crippen molar-refractivity contribution in [2.75, 3.05) is 5.75 Å². The van der Waals surface area contributed by atoms with Crippen LogP contribution >= 0.6 is 0 Å². The molecular weight excluding hydrogens is 316 g/mol. The Morgan fingerprint density at radius 3 is 2.50 bits per heavy atom. The predicted molar refractivity (Wildman–Crippen MR) is 101 cm³/mol. The lowest BCUT2D eigenvalue weighted by atomic mass is 9.95. The molecule has 1 atom stereocenters. The van der Waals surface area contributed by atoms with Crippen LogP contribution in [0.15, 0.2) is 23.2 Å². The van der Waals surface area contributed by atoms with E-state index in [0.717, 1.165) is 16.6 Å². The van der Waals surface area contributed by atoms with Crippen LogP contribution in [0, 0.1) is 13.8 Å². The summed E-state index contributed by atoms with van der Waals surface area (Å²) in [5, 5.41) is 0.871. The second kappa shape index (κ2) is 6.29. The largest absolute Gasteiger partial charge is 0.340 e. The highest BCUT2D eigenvalue weighted by atomic mass is 32.2. The molecule has 2 aliphatic carbocycles. The molecule has 3 fully saturated rings. The smallest absolute Gasteiger partial charge is 0.196 e. The molecule has 1 heterocycles. The third-order valence-electron chi connectivity index (χ3n) is 6.11. The van der Waals surface area contributed by atoms with Crippen molar-refractivity contribution in [3.63, 3.8) is 0 Å². The average molecular weight is 345 g/mol. The Morgan fingerprint density at radius 1 is 1.12 bits per heavy atom. The fraction of sp³-hybridized carbons (Fsp3) is 0.650. The number of benzene rings is 1. The van der Waals surface area contributed by atoms with Crippen LogP contribution in [0.1, 0.15) is 62.5 Å². The molecule has 3 aliphatic rings. The predicted octanol–water partition coefficient (Wildman–Crippen LogP) is 4.61. The fourth-order valence-electron chi connectivity index (χ4n) is 4.95. The van der Waals surface area contributed by atoms with Crippen molar-refractivity contribution >= 4 is 21.7 Å². The lowest BCUT2D eigenvalue weighted by molar-refractivity contribution is 0.162. The Hall–Kier alpha value is -1.16. The van der Waals surface area contributed by atoms with E-state index in [1.807, 2.05) is 0 Å². The van der Waals surface area contributed by atoms with E-state index in [4.69, 9.17) is 4.99 Å². The van der Waals surface area contributed by atoms with Gasteiger partial charge < -0.3 is 4.90 Å². The first-order valence-electron chi connectivity index (χ1n) is 9.43. The first-order chi connectivity index (χ1) is 11.6. The van der Waals surface area contributed by atoms with Gasteiger partial charge in [-0.25, -0.2) is 4.99 Å². The van der Waals surface area contributed by atoms with Gasteiger partial charge in [-0.05, 0) is 51.2 Å². The monoisotopic (exact) mass is 344 g/mol. The fourth-order valence-corrected chi connectivity index (χ4v) is 6.76. The van der Waals surface area contributed by atoms with Crippen LogP contribution in [-0.4, -0.2) is 31.6 Å². The first kappa shape index (κ1) is 16.3. The van der Waals surface area contributed by atoms with E-state index in [0.29, 0.717) is 6.04 Å². The maximum absolute atomic E-state index is 13.0. The topological polar surface area (TPSA) is 32.7 Å². The molecule has 0 N–H and O–H groups in total. The van der Waals surface area contributed by atoms with Gasteiger partial charge in [0.2, 0.25) is 0 Å². The molecule has 1 spiro atoms. The Morgan fingerprint density at radius 2 is 1.83 bits per heavy atom. The van der Waals surface area contributed by atoms with Crippen molar-refractivity contribution in [3.8, 4) is 0 Å². The third kappa shape index (κ3) is 2.73. The summed E-state index contributed by atoms with van der Waals surface area (Å²) in [5.74, 6) is 0.799. The van der Waals surface area contributed by atoms with Crippen molar-refractivity contribution in [2.45, 2.75) is 76.8 Å². The number of nitrogens with zero attached hydrogens (tertiary/aromatic N) is 2. The van der Waals surface area contributed by atoms with Crippen molar-refractivity contribution in [1.29, 1.82) is 0 Å². The van der Waals surface area contributed by atoms with Gasteiger partial charge in [-0.2, -0.15) is 0 Å². The minimum Gasteiger partial charge on any atom is -0.340 e. The maximum atomic E-state index is 13.0. The van der Waals surface area contributed by atoms with E-state index in [9.17, 15) is 4.21 Å². The van der Waals surface area contributed by atoms with Crippen LogP contribution in [0.2, 0.25) is 0 Å². The van der Waals surface area contributed by atoms with Gasteiger partial charge in [-0.3, -0.25) is 4.21 Å². The third-order valence-corrected chi connectivity index (χ3v) is 7.61. The van der Waals surface area contributed by atoms with Gasteiger partial charge >= 0.3 is 0 Å². The number of hydrogen-bond acceptors (Lipinski definition) is 2. The molecule has 1 aromatic carbocycles. The summed E-state index contributed by atoms with van der Waals surface area (Å²) in [6, 6.07) is 6.92. The number of amidine groups is 1. The summed E-state index contributed by atoms with van der Waals surface area (Å²) in [5.41, 5.74) is 3.56. The normalized spacial score (nSPS) is 28.5. The Labute approximate surface area is 148 Å². The molecule has 1 aliphatic heterocycles. The van der Waals surface area contributed by atoms with E-state index in [2.05, 4.69) is 36.9 Å². The highest BCUT2D eigenvalue weighted by Crippen LogP contribution is 2.45. The van der Waals surface area contributed by atoms with E-state index in [-0.39, 0.29) is 5.54 Å². The summed E-state index contributed by atoms with van der Waals surface area (Å²) in [7, 11) is -0.954. The van der Waals surface area contributed by atoms with Crippen molar-refractivity contribution in [1.82, 2.24) is 4.90 Å². The molecule has 24 heavy (non-hydrogen) atoms. The molecule has 0 amide bonds. The molecule has 0 aromatic heterocycles. The van der Waals surface area contributed by atoms with E-state index >= 15 is 0 Å². The maximum Gasteiger partial charge on any atom is 0.196 e. The zero-order chi connectivity index (χ0) is 16.7. The standard InChI is InChI=1S/C20H28N2OS/c1-15-9-10-18(16(2)13-15)21-19-22(17-7-3-4-8-17)20(14-24(19)23)11-5-6-12-20/h9-10,13,17H,3-8,11-12,14H2,1-2H3. The molecule has 1 saturated heterocycles. The minimum absolute atomic E-state index is 0.136. The van der Waals surface area contributed by atoms with Crippen LogP contribution in [-0.2, 0) is 10.8 Å². The van der Waals surface area contributed by atoms with Gasteiger partial charge in [-0.1, -0.05) is 43.4 Å². The summed E-state index contributed by atoms with van der Waals surface area (Å²) < 4.78 is 13.0. The van der Waals surface area contributed by atoms with Crippen LogP contribution in [0.3, 0.4) is 0 Å². The second-order valence-electron chi connectivity index (χ2n) is 7.91. The van der Waals surface area contributed by atoms with Crippen LogP contribution in [0.5, 0.6) is 0 Å². The first-order valence-corrected chi connectivity index (χ1v) is 10.7. The quantitative estimate of drug-likeness (QED) is 0.785. The van der Waals surface area contributed by atoms with Gasteiger partial charge in [0.05, 0.1) is 27.8 Å². The molecular formula is C20H28N2OS. The molecule has 1 unspecified atom stereocenters. The number of rotatable bonds is 2. The van der Waals surface area contributed by atoms with Gasteiger partial charge in [-0.15, -0.1) is 0 Å². The Bertz CT molecular complexity index is 685. The molecule has 0 bridgehead atoms. The number of aryl methyl sites for hydroxylation is 2. The van der Waals surface area contributed by atoms with Crippen molar-refractivity contribution in [3.05, 3.63) is 29.3 Å². The summed E-state index contributed by atoms with van der Waals surface area (Å²) in [6.45, 7) is 4.21. The molecule has 2 saturated carbocycles. The lowest BCUT2D eigenvalue weighted by Crippen LogP contribution is -2.50. The van der Waals surface area contributed by atoms with Gasteiger partial charge in [0.15, 0.2) is 5.17 Å². The van der Waals surface area contributed by atoms with Gasteiger partial charge in [0.25, 0.3) is 0 Å². The Balaban J connectivity index is 1.76. The molecule has 130 valence electrons. The Kier molecular flexibility index (Phi) is 4.27. The zero-order valence-electron chi connectivity index (χ0n) is 14.9. The zero-order valence-corrected chi connectivity index (χ0v) is 15.7. The van der Waals surface area contributed by atoms with Crippen LogP contribution < -0.4 is 0 Å². The number of aliphatic imine (C=N–C) groups is 1. The minimum atomic E-state index is -0.954. The van der Waals surface area contributed by atoms with Crippen LogP contribution in [0.25, 0.3) is 0 Å².